The van der Waals surface area contributed by atoms with E-state index >= 15 is 0 Å². The minimum atomic E-state index is -4.89. The molecule has 2 aromatic rings. The topological polar surface area (TPSA) is 45.8 Å². The van der Waals surface area contributed by atoms with Crippen LogP contribution in [0.4, 0.5) is 26.3 Å². The van der Waals surface area contributed by atoms with Crippen LogP contribution in [-0.2, 0) is 23.2 Å². The lowest BCUT2D eigenvalue weighted by Crippen LogP contribution is -2.09. The summed E-state index contributed by atoms with van der Waals surface area (Å²) in [7, 11) is -2.16. The summed E-state index contributed by atoms with van der Waals surface area (Å²) in [4.78, 5) is -0.744. The summed E-state index contributed by atoms with van der Waals surface area (Å²) >= 11 is 11.5. The molecule has 0 saturated heterocycles. The van der Waals surface area contributed by atoms with Crippen molar-refractivity contribution in [1.82, 2.24) is 10.2 Å². The third-order valence-corrected chi connectivity index (χ3v) is 4.47. The number of benzene rings is 1. The van der Waals surface area contributed by atoms with Crippen LogP contribution in [0.3, 0.4) is 0 Å². The Bertz CT molecular complexity index is 792. The van der Waals surface area contributed by atoms with Gasteiger partial charge in [-0.3, -0.25) is 9.31 Å². The quantitative estimate of drug-likeness (QED) is 0.695. The predicted octanol–water partition coefficient (Wildman–Crippen LogP) is 5.16. The van der Waals surface area contributed by atoms with Gasteiger partial charge in [0.05, 0.1) is 31.3 Å². The molecular weight excluding hydrogens is 405 g/mol. The number of nitrogens with one attached hydrogen (secondary N) is 1. The zero-order valence-corrected chi connectivity index (χ0v) is 13.8. The largest absolute Gasteiger partial charge is 0.434 e. The summed E-state index contributed by atoms with van der Waals surface area (Å²) in [5.41, 5.74) is -3.45. The van der Waals surface area contributed by atoms with Crippen LogP contribution in [0.2, 0.25) is 10.0 Å². The molecule has 0 aliphatic carbocycles. The molecule has 1 heterocycles. The maximum atomic E-state index is 12.9. The van der Waals surface area contributed by atoms with Crippen molar-refractivity contribution in [2.75, 3.05) is 6.26 Å². The van der Waals surface area contributed by atoms with Gasteiger partial charge < -0.3 is 0 Å². The number of aromatic amines is 1. The molecule has 1 aromatic carbocycles. The summed E-state index contributed by atoms with van der Waals surface area (Å²) in [6.07, 6.45) is -8.67. The molecule has 0 bridgehead atoms. The van der Waals surface area contributed by atoms with Gasteiger partial charge in [0.2, 0.25) is 0 Å². The number of halogens is 8. The maximum absolute atomic E-state index is 12.9. The Morgan fingerprint density at radius 3 is 1.92 bits per heavy atom. The first kappa shape index (κ1) is 19.1. The van der Waals surface area contributed by atoms with Crippen LogP contribution in [0.1, 0.15) is 11.3 Å². The molecule has 0 aliphatic rings. The minimum absolute atomic E-state index is 0.372. The van der Waals surface area contributed by atoms with Crippen LogP contribution in [0.25, 0.3) is 11.3 Å². The number of nitrogens with zero attached hydrogens (tertiary/aromatic N) is 1. The van der Waals surface area contributed by atoms with Crippen LogP contribution >= 0.6 is 23.2 Å². The number of hydrogen-bond acceptors (Lipinski definition) is 2. The van der Waals surface area contributed by atoms with Gasteiger partial charge in [0.1, 0.15) is 5.69 Å². The third-order valence-electron chi connectivity index (χ3n) is 2.90. The van der Waals surface area contributed by atoms with Crippen molar-refractivity contribution in [2.24, 2.45) is 0 Å². The fraction of sp³-hybridized carbons (Fsp3) is 0.250. The van der Waals surface area contributed by atoms with Gasteiger partial charge in [-0.2, -0.15) is 31.4 Å². The Morgan fingerprint density at radius 2 is 1.54 bits per heavy atom. The SMILES string of the molecule is CS(=O)c1c(-c2c(Cl)cc(C(F)(F)F)cc2Cl)n[nH]c1C(F)(F)F. The van der Waals surface area contributed by atoms with E-state index in [1.807, 2.05) is 0 Å². The molecular formula is C12H6Cl2F6N2OS. The summed E-state index contributed by atoms with van der Waals surface area (Å²) < 4.78 is 88.7. The highest BCUT2D eigenvalue weighted by atomic mass is 35.5. The predicted molar refractivity (Wildman–Crippen MR) is 76.4 cm³/mol. The fourth-order valence-electron chi connectivity index (χ4n) is 1.94. The number of H-pyrrole nitrogens is 1. The Balaban J connectivity index is 2.75. The van der Waals surface area contributed by atoms with Gasteiger partial charge in [0.25, 0.3) is 0 Å². The van der Waals surface area contributed by atoms with Gasteiger partial charge >= 0.3 is 12.4 Å². The van der Waals surface area contributed by atoms with E-state index in [0.717, 1.165) is 6.26 Å². The van der Waals surface area contributed by atoms with Crippen LogP contribution in [0.15, 0.2) is 17.0 Å². The summed E-state index contributed by atoms with van der Waals surface area (Å²) in [5, 5.41) is 3.95. The lowest BCUT2D eigenvalue weighted by molar-refractivity contribution is -0.143. The lowest BCUT2D eigenvalue weighted by Gasteiger charge is -2.12. The molecule has 0 radical (unpaired) electrons. The standard InChI is InChI=1S/C12H6Cl2F6N2OS/c1-24(23)9-8(21-22-10(9)12(18,19)20)7-5(13)2-4(3-6(7)14)11(15,16)17/h2-3H,1H3,(H,21,22). The van der Waals surface area contributed by atoms with Crippen molar-refractivity contribution in [3.05, 3.63) is 33.4 Å². The van der Waals surface area contributed by atoms with Crippen LogP contribution in [0, 0.1) is 0 Å². The van der Waals surface area contributed by atoms with E-state index < -0.39 is 55.0 Å². The summed E-state index contributed by atoms with van der Waals surface area (Å²) in [5.74, 6) is 0. The minimum Gasteiger partial charge on any atom is -0.272 e. The third kappa shape index (κ3) is 3.55. The van der Waals surface area contributed by atoms with Gasteiger partial charge in [-0.25, -0.2) is 0 Å². The van der Waals surface area contributed by atoms with E-state index in [4.69, 9.17) is 23.2 Å². The summed E-state index contributed by atoms with van der Waals surface area (Å²) in [6, 6.07) is 1.01. The number of rotatable bonds is 2. The average Bonchev–Trinajstić information content (AvgIpc) is 2.81. The molecule has 132 valence electrons. The van der Waals surface area contributed by atoms with Gasteiger partial charge in [-0.05, 0) is 12.1 Å². The molecule has 3 nitrogen and oxygen atoms in total. The van der Waals surface area contributed by atoms with E-state index in [0.29, 0.717) is 12.1 Å². The lowest BCUT2D eigenvalue weighted by atomic mass is 10.1. The molecule has 0 amide bonds. The zero-order valence-electron chi connectivity index (χ0n) is 11.4. The Morgan fingerprint density at radius 1 is 1.04 bits per heavy atom. The fourth-order valence-corrected chi connectivity index (χ4v) is 3.47. The number of hydrogen-bond donors (Lipinski definition) is 1. The molecule has 1 N–H and O–H groups in total. The molecule has 0 aliphatic heterocycles. The molecule has 1 unspecified atom stereocenters. The van der Waals surface area contributed by atoms with Crippen molar-refractivity contribution in [3.8, 4) is 11.3 Å². The van der Waals surface area contributed by atoms with Gasteiger partial charge in [-0.1, -0.05) is 23.2 Å². The second-order valence-electron chi connectivity index (χ2n) is 4.54. The van der Waals surface area contributed by atoms with E-state index in [1.165, 1.54) is 0 Å². The van der Waals surface area contributed by atoms with E-state index in [9.17, 15) is 30.6 Å². The van der Waals surface area contributed by atoms with Gasteiger partial charge in [-0.15, -0.1) is 0 Å². The molecule has 0 fully saturated rings. The molecule has 24 heavy (non-hydrogen) atoms. The Kier molecular flexibility index (Phi) is 4.95. The second-order valence-corrected chi connectivity index (χ2v) is 6.67. The summed E-state index contributed by atoms with van der Waals surface area (Å²) in [6.45, 7) is 0. The first-order chi connectivity index (χ1) is 10.8. The smallest absolute Gasteiger partial charge is 0.272 e. The van der Waals surface area contributed by atoms with Crippen molar-refractivity contribution < 1.29 is 30.6 Å². The van der Waals surface area contributed by atoms with Crippen LogP contribution in [-0.4, -0.2) is 20.7 Å². The van der Waals surface area contributed by atoms with Crippen molar-refractivity contribution in [2.45, 2.75) is 17.2 Å². The molecule has 12 heteroatoms. The zero-order chi connectivity index (χ0) is 18.4. The number of alkyl halides is 6. The Hall–Kier alpha value is -1.26. The first-order valence-electron chi connectivity index (χ1n) is 5.89. The molecule has 1 aromatic heterocycles. The highest BCUT2D eigenvalue weighted by molar-refractivity contribution is 7.84. The molecule has 1 atom stereocenters. The van der Waals surface area contributed by atoms with Crippen molar-refractivity contribution >= 4 is 34.0 Å². The van der Waals surface area contributed by atoms with E-state index in [1.54, 1.807) is 5.10 Å². The second kappa shape index (κ2) is 6.23. The molecule has 0 saturated carbocycles. The first-order valence-corrected chi connectivity index (χ1v) is 8.21. The maximum Gasteiger partial charge on any atom is 0.434 e. The van der Waals surface area contributed by atoms with Gasteiger partial charge in [0.15, 0.2) is 5.69 Å². The highest BCUT2D eigenvalue weighted by Crippen LogP contribution is 2.44. The average molecular weight is 411 g/mol. The van der Waals surface area contributed by atoms with E-state index in [2.05, 4.69) is 5.10 Å². The monoisotopic (exact) mass is 410 g/mol. The van der Waals surface area contributed by atoms with Gasteiger partial charge in [0, 0.05) is 11.8 Å². The van der Waals surface area contributed by atoms with Crippen LogP contribution < -0.4 is 0 Å². The normalized spacial score (nSPS) is 14.0. The molecule has 2 rings (SSSR count). The number of aromatic nitrogens is 2. The van der Waals surface area contributed by atoms with E-state index in [-0.39, 0.29) is 5.56 Å². The van der Waals surface area contributed by atoms with Crippen molar-refractivity contribution in [1.29, 1.82) is 0 Å². The molecule has 0 spiro atoms. The Labute approximate surface area is 143 Å². The van der Waals surface area contributed by atoms with Crippen LogP contribution in [0.5, 0.6) is 0 Å². The highest BCUT2D eigenvalue weighted by Gasteiger charge is 2.40. The van der Waals surface area contributed by atoms with Crippen molar-refractivity contribution in [3.63, 3.8) is 0 Å².